The van der Waals surface area contributed by atoms with Crippen molar-refractivity contribution in [2.45, 2.75) is 33.6 Å². The molecule has 27 heavy (non-hydrogen) atoms. The number of nitrogens with zero attached hydrogens (tertiary/aromatic N) is 4. The molecule has 0 saturated carbocycles. The number of imidazole rings is 1. The van der Waals surface area contributed by atoms with Crippen molar-refractivity contribution in [2.24, 2.45) is 0 Å². The van der Waals surface area contributed by atoms with E-state index in [1.807, 2.05) is 22.4 Å². The maximum Gasteiger partial charge on any atom is 0.270 e. The van der Waals surface area contributed by atoms with E-state index in [9.17, 15) is 14.9 Å². The number of hydrogen-bond acceptors (Lipinski definition) is 5. The van der Waals surface area contributed by atoms with Crippen molar-refractivity contribution >= 4 is 27.9 Å². The van der Waals surface area contributed by atoms with E-state index in [2.05, 4.69) is 18.8 Å². The van der Waals surface area contributed by atoms with E-state index < -0.39 is 4.92 Å². The van der Waals surface area contributed by atoms with E-state index in [4.69, 9.17) is 0 Å². The molecule has 0 bridgehead atoms. The molecule has 0 aliphatic heterocycles. The number of carbonyl (C=O) groups excluding carboxylic acids is 1. The fourth-order valence-corrected chi connectivity index (χ4v) is 4.14. The maximum atomic E-state index is 12.9. The molecule has 2 heterocycles. The molecule has 0 saturated heterocycles. The number of hydrogen-bond donors (Lipinski definition) is 0. The van der Waals surface area contributed by atoms with E-state index in [1.165, 1.54) is 23.5 Å². The van der Waals surface area contributed by atoms with Gasteiger partial charge in [-0.2, -0.15) is 0 Å². The molecule has 8 heteroatoms. The van der Waals surface area contributed by atoms with Crippen LogP contribution < -0.4 is 0 Å². The van der Waals surface area contributed by atoms with Gasteiger partial charge in [-0.1, -0.05) is 37.3 Å². The second-order valence-electron chi connectivity index (χ2n) is 6.39. The van der Waals surface area contributed by atoms with E-state index in [-0.39, 0.29) is 11.6 Å². The minimum Gasteiger partial charge on any atom is -0.338 e. The lowest BCUT2D eigenvalue weighted by Crippen LogP contribution is -2.32. The standard InChI is InChI=1S/C19H22N4O3S/c1-4-9-21(10-5-2)18(24)17-13(3)22-12-16(20-19(22)27-17)14-7-6-8-15(11-14)23(25)26/h6-8,11-12H,4-5,9-10H2,1-3H3. The third-order valence-corrected chi connectivity index (χ3v) is 5.52. The van der Waals surface area contributed by atoms with Crippen LogP contribution in [0.2, 0.25) is 0 Å². The molecule has 0 aliphatic rings. The molecule has 0 radical (unpaired) electrons. The smallest absolute Gasteiger partial charge is 0.270 e. The van der Waals surface area contributed by atoms with Gasteiger partial charge >= 0.3 is 0 Å². The average molecular weight is 386 g/mol. The third-order valence-electron chi connectivity index (χ3n) is 4.38. The number of nitro groups is 1. The summed E-state index contributed by atoms with van der Waals surface area (Å²) in [5.41, 5.74) is 2.23. The Morgan fingerprint density at radius 1 is 1.30 bits per heavy atom. The van der Waals surface area contributed by atoms with Gasteiger partial charge in [0.25, 0.3) is 11.6 Å². The summed E-state index contributed by atoms with van der Waals surface area (Å²) in [6, 6.07) is 6.42. The zero-order valence-electron chi connectivity index (χ0n) is 15.6. The highest BCUT2D eigenvalue weighted by Crippen LogP contribution is 2.29. The molecule has 0 atom stereocenters. The number of fused-ring (bicyclic) bond motifs is 1. The second-order valence-corrected chi connectivity index (χ2v) is 7.37. The van der Waals surface area contributed by atoms with E-state index in [1.54, 1.807) is 12.1 Å². The highest BCUT2D eigenvalue weighted by Gasteiger charge is 2.22. The first-order valence-electron chi connectivity index (χ1n) is 8.98. The average Bonchev–Trinajstić information content (AvgIpc) is 3.21. The van der Waals surface area contributed by atoms with Crippen molar-refractivity contribution in [1.82, 2.24) is 14.3 Å². The van der Waals surface area contributed by atoms with Crippen molar-refractivity contribution < 1.29 is 9.72 Å². The van der Waals surface area contributed by atoms with Crippen LogP contribution >= 0.6 is 11.3 Å². The van der Waals surface area contributed by atoms with Crippen LogP contribution in [0.5, 0.6) is 0 Å². The Hall–Kier alpha value is -2.74. The summed E-state index contributed by atoms with van der Waals surface area (Å²) in [4.78, 5) is 31.4. The SMILES string of the molecule is CCCN(CCC)C(=O)c1sc2nc(-c3cccc([N+](=O)[O-])c3)cn2c1C. The molecular formula is C19H22N4O3S. The number of amides is 1. The highest BCUT2D eigenvalue weighted by molar-refractivity contribution is 7.19. The first kappa shape index (κ1) is 19.0. The quantitative estimate of drug-likeness (QED) is 0.441. The van der Waals surface area contributed by atoms with Crippen LogP contribution in [0.1, 0.15) is 42.1 Å². The molecule has 1 aromatic carbocycles. The first-order chi connectivity index (χ1) is 13.0. The zero-order chi connectivity index (χ0) is 19.6. The number of benzene rings is 1. The van der Waals surface area contributed by atoms with E-state index in [0.29, 0.717) is 21.1 Å². The highest BCUT2D eigenvalue weighted by atomic mass is 32.1. The Morgan fingerprint density at radius 2 is 2.00 bits per heavy atom. The van der Waals surface area contributed by atoms with Gasteiger partial charge in [0, 0.05) is 42.7 Å². The minimum atomic E-state index is -0.417. The topological polar surface area (TPSA) is 80.8 Å². The third kappa shape index (κ3) is 3.71. The summed E-state index contributed by atoms with van der Waals surface area (Å²) in [6.45, 7) is 7.52. The van der Waals surface area contributed by atoms with Gasteiger partial charge in [0.15, 0.2) is 4.96 Å². The van der Waals surface area contributed by atoms with Crippen LogP contribution in [0, 0.1) is 17.0 Å². The molecule has 142 valence electrons. The van der Waals surface area contributed by atoms with Crippen molar-refractivity contribution in [2.75, 3.05) is 13.1 Å². The Bertz CT molecular complexity index is 986. The van der Waals surface area contributed by atoms with Crippen molar-refractivity contribution in [1.29, 1.82) is 0 Å². The van der Waals surface area contributed by atoms with Gasteiger partial charge in [-0.15, -0.1) is 0 Å². The van der Waals surface area contributed by atoms with Crippen LogP contribution in [0.3, 0.4) is 0 Å². The molecule has 0 spiro atoms. The Morgan fingerprint density at radius 3 is 2.59 bits per heavy atom. The lowest BCUT2D eigenvalue weighted by Gasteiger charge is -2.20. The van der Waals surface area contributed by atoms with Gasteiger partial charge < -0.3 is 4.90 Å². The molecule has 0 aliphatic carbocycles. The van der Waals surface area contributed by atoms with Crippen LogP contribution in [-0.2, 0) is 0 Å². The van der Waals surface area contributed by atoms with E-state index >= 15 is 0 Å². The summed E-state index contributed by atoms with van der Waals surface area (Å²) < 4.78 is 1.89. The Balaban J connectivity index is 1.96. The molecule has 3 aromatic rings. The molecule has 1 amide bonds. The number of rotatable bonds is 7. The lowest BCUT2D eigenvalue weighted by atomic mass is 10.1. The maximum absolute atomic E-state index is 12.9. The van der Waals surface area contributed by atoms with Crippen molar-refractivity contribution in [3.05, 3.63) is 51.1 Å². The van der Waals surface area contributed by atoms with Gasteiger partial charge in [-0.25, -0.2) is 4.98 Å². The molecule has 3 rings (SSSR count). The summed E-state index contributed by atoms with van der Waals surface area (Å²) >= 11 is 1.36. The van der Waals surface area contributed by atoms with Crippen LogP contribution in [-0.4, -0.2) is 38.2 Å². The second kappa shape index (κ2) is 7.87. The zero-order valence-corrected chi connectivity index (χ0v) is 16.5. The number of aromatic nitrogens is 2. The summed E-state index contributed by atoms with van der Waals surface area (Å²) in [7, 11) is 0. The first-order valence-corrected chi connectivity index (χ1v) is 9.80. The number of non-ortho nitro benzene ring substituents is 1. The minimum absolute atomic E-state index is 0.0335. The van der Waals surface area contributed by atoms with Crippen LogP contribution in [0.25, 0.3) is 16.2 Å². The molecule has 7 nitrogen and oxygen atoms in total. The predicted molar refractivity (Wildman–Crippen MR) is 106 cm³/mol. The van der Waals surface area contributed by atoms with Crippen molar-refractivity contribution in [3.63, 3.8) is 0 Å². The summed E-state index contributed by atoms with van der Waals surface area (Å²) in [5, 5.41) is 11.0. The van der Waals surface area contributed by atoms with Crippen molar-refractivity contribution in [3.8, 4) is 11.3 Å². The summed E-state index contributed by atoms with van der Waals surface area (Å²) in [5.74, 6) is 0.0450. The Kier molecular flexibility index (Phi) is 5.55. The molecule has 0 fully saturated rings. The number of aryl methyl sites for hydroxylation is 1. The fraction of sp³-hybridized carbons (Fsp3) is 0.368. The molecule has 0 unspecified atom stereocenters. The number of carbonyl (C=O) groups is 1. The molecular weight excluding hydrogens is 364 g/mol. The number of thiazole rings is 1. The number of nitro benzene ring substituents is 1. The van der Waals surface area contributed by atoms with Gasteiger partial charge in [-0.05, 0) is 19.8 Å². The lowest BCUT2D eigenvalue weighted by molar-refractivity contribution is -0.384. The van der Waals surface area contributed by atoms with Gasteiger partial charge in [-0.3, -0.25) is 19.3 Å². The molecule has 0 N–H and O–H groups in total. The van der Waals surface area contributed by atoms with Gasteiger partial charge in [0.05, 0.1) is 10.6 Å². The van der Waals surface area contributed by atoms with Crippen LogP contribution in [0.4, 0.5) is 5.69 Å². The molecule has 2 aromatic heterocycles. The van der Waals surface area contributed by atoms with Crippen LogP contribution in [0.15, 0.2) is 30.5 Å². The van der Waals surface area contributed by atoms with E-state index in [0.717, 1.165) is 31.6 Å². The fourth-order valence-electron chi connectivity index (χ4n) is 3.06. The van der Waals surface area contributed by atoms with Gasteiger partial charge in [0.2, 0.25) is 0 Å². The normalized spacial score (nSPS) is 11.1. The largest absolute Gasteiger partial charge is 0.338 e. The Labute approximate surface area is 161 Å². The summed E-state index contributed by atoms with van der Waals surface area (Å²) in [6.07, 6.45) is 3.68. The predicted octanol–water partition coefficient (Wildman–Crippen LogP) is 4.54. The monoisotopic (exact) mass is 386 g/mol. The van der Waals surface area contributed by atoms with Gasteiger partial charge in [0.1, 0.15) is 4.88 Å².